The summed E-state index contributed by atoms with van der Waals surface area (Å²) in [6.45, 7) is 2.81. The second-order valence-electron chi connectivity index (χ2n) is 12.1. The van der Waals surface area contributed by atoms with Gasteiger partial charge in [0, 0.05) is 31.1 Å². The first-order chi connectivity index (χ1) is 22.1. The molecule has 232 valence electrons. The van der Waals surface area contributed by atoms with E-state index in [1.54, 1.807) is 0 Å². The van der Waals surface area contributed by atoms with E-state index in [0.717, 1.165) is 22.3 Å². The van der Waals surface area contributed by atoms with Crippen LogP contribution in [0.5, 0.6) is 0 Å². The molecule has 3 unspecified atom stereocenters. The Kier molecular flexibility index (Phi) is 9.88. The van der Waals surface area contributed by atoms with Gasteiger partial charge in [-0.15, -0.1) is 0 Å². The summed E-state index contributed by atoms with van der Waals surface area (Å²) in [5.74, 6) is -0.253. The van der Waals surface area contributed by atoms with E-state index in [-0.39, 0.29) is 31.3 Å². The van der Waals surface area contributed by atoms with Gasteiger partial charge in [-0.2, -0.15) is 0 Å². The van der Waals surface area contributed by atoms with Crippen LogP contribution in [0.1, 0.15) is 35.1 Å². The first kappa shape index (κ1) is 30.6. The Hall–Kier alpha value is -4.46. The summed E-state index contributed by atoms with van der Waals surface area (Å²) in [4.78, 5) is 31.7. The molecule has 0 aromatic heterocycles. The van der Waals surface area contributed by atoms with Crippen molar-refractivity contribution in [2.45, 2.75) is 51.3 Å². The fraction of sp³-hybridized carbons (Fsp3) is 0.316. The standard InChI is InChI=1S/C38H40N2O5/c41-36(44-27-32-17-9-3-10-18-32)35-38(29-43-26-31-15-7-2-8-16-31)21-22-40(37(42)45-28-33-19-11-4-12-20-33)34(23-38)25-39(35)24-30-13-5-1-6-14-30/h1-20,34-35H,21-29H2. The van der Waals surface area contributed by atoms with Crippen LogP contribution in [0.2, 0.25) is 0 Å². The van der Waals surface area contributed by atoms with Crippen molar-refractivity contribution in [3.05, 3.63) is 144 Å². The Balaban J connectivity index is 1.26. The van der Waals surface area contributed by atoms with Crippen molar-refractivity contribution in [1.29, 1.82) is 0 Å². The van der Waals surface area contributed by atoms with Gasteiger partial charge >= 0.3 is 12.1 Å². The zero-order valence-electron chi connectivity index (χ0n) is 25.5. The van der Waals surface area contributed by atoms with E-state index in [1.165, 1.54) is 0 Å². The first-order valence-electron chi connectivity index (χ1n) is 15.7. The number of amides is 1. The van der Waals surface area contributed by atoms with Gasteiger partial charge in [-0.3, -0.25) is 9.69 Å². The quantitative estimate of drug-likeness (QED) is 0.179. The monoisotopic (exact) mass is 604 g/mol. The molecule has 4 aromatic carbocycles. The first-order valence-corrected chi connectivity index (χ1v) is 15.7. The third-order valence-corrected chi connectivity index (χ3v) is 8.94. The average Bonchev–Trinajstić information content (AvgIpc) is 3.08. The molecular weight excluding hydrogens is 564 g/mol. The number of nitrogens with zero attached hydrogens (tertiary/aromatic N) is 2. The maximum Gasteiger partial charge on any atom is 0.410 e. The molecule has 0 spiro atoms. The minimum absolute atomic E-state index is 0.135. The van der Waals surface area contributed by atoms with E-state index < -0.39 is 11.5 Å². The molecule has 6 rings (SSSR count). The Bertz CT molecular complexity index is 1520. The van der Waals surface area contributed by atoms with Crippen molar-refractivity contribution in [3.8, 4) is 0 Å². The highest BCUT2D eigenvalue weighted by atomic mass is 16.6. The smallest absolute Gasteiger partial charge is 0.410 e. The molecule has 3 atom stereocenters. The molecule has 7 heteroatoms. The van der Waals surface area contributed by atoms with E-state index >= 15 is 0 Å². The number of benzene rings is 4. The number of hydrogen-bond donors (Lipinski definition) is 0. The number of likely N-dealkylation sites (tertiary alicyclic amines) is 2. The van der Waals surface area contributed by atoms with Crippen molar-refractivity contribution in [2.24, 2.45) is 5.41 Å². The largest absolute Gasteiger partial charge is 0.460 e. The molecule has 0 aliphatic carbocycles. The molecule has 4 aromatic rings. The number of rotatable bonds is 11. The van der Waals surface area contributed by atoms with Crippen LogP contribution in [0, 0.1) is 5.41 Å². The van der Waals surface area contributed by atoms with E-state index in [2.05, 4.69) is 17.0 Å². The highest BCUT2D eigenvalue weighted by Gasteiger charge is 2.56. The molecule has 2 fully saturated rings. The third kappa shape index (κ3) is 7.62. The van der Waals surface area contributed by atoms with Gasteiger partial charge in [0.1, 0.15) is 19.3 Å². The topological polar surface area (TPSA) is 68.3 Å². The number of fused-ring (bicyclic) bond motifs is 2. The Labute approximate surface area is 265 Å². The minimum Gasteiger partial charge on any atom is -0.460 e. The molecule has 2 heterocycles. The van der Waals surface area contributed by atoms with E-state index in [1.807, 2.05) is 114 Å². The fourth-order valence-electron chi connectivity index (χ4n) is 6.76. The molecule has 0 radical (unpaired) electrons. The normalized spacial score (nSPS) is 21.2. The van der Waals surface area contributed by atoms with Crippen LogP contribution < -0.4 is 0 Å². The lowest BCUT2D eigenvalue weighted by atomic mass is 9.66. The van der Waals surface area contributed by atoms with E-state index in [9.17, 15) is 9.59 Å². The zero-order valence-corrected chi connectivity index (χ0v) is 25.5. The van der Waals surface area contributed by atoms with Crippen LogP contribution in [-0.2, 0) is 45.4 Å². The number of carbonyl (C=O) groups is 2. The fourth-order valence-corrected chi connectivity index (χ4v) is 6.76. The lowest BCUT2D eigenvalue weighted by molar-refractivity contribution is -0.174. The molecule has 2 bridgehead atoms. The Morgan fingerprint density at radius 1 is 0.667 bits per heavy atom. The van der Waals surface area contributed by atoms with Gasteiger partial charge in [0.25, 0.3) is 0 Å². The van der Waals surface area contributed by atoms with Crippen LogP contribution in [-0.4, -0.2) is 53.6 Å². The predicted molar refractivity (Wildman–Crippen MR) is 172 cm³/mol. The van der Waals surface area contributed by atoms with Gasteiger partial charge in [-0.25, -0.2) is 4.79 Å². The van der Waals surface area contributed by atoms with Crippen LogP contribution in [0.3, 0.4) is 0 Å². The van der Waals surface area contributed by atoms with Gasteiger partial charge in [0.2, 0.25) is 0 Å². The van der Waals surface area contributed by atoms with Gasteiger partial charge in [0.05, 0.1) is 13.2 Å². The second-order valence-corrected chi connectivity index (χ2v) is 12.1. The number of ether oxygens (including phenoxy) is 3. The molecule has 2 aliphatic heterocycles. The number of piperidine rings is 2. The van der Waals surface area contributed by atoms with Gasteiger partial charge < -0.3 is 19.1 Å². The average molecular weight is 605 g/mol. The summed E-state index contributed by atoms with van der Waals surface area (Å²) in [5, 5.41) is 0. The van der Waals surface area contributed by atoms with Crippen LogP contribution in [0.4, 0.5) is 4.79 Å². The van der Waals surface area contributed by atoms with Crippen molar-refractivity contribution >= 4 is 12.1 Å². The van der Waals surface area contributed by atoms with Gasteiger partial charge in [-0.05, 0) is 35.1 Å². The van der Waals surface area contributed by atoms with Crippen molar-refractivity contribution in [3.63, 3.8) is 0 Å². The van der Waals surface area contributed by atoms with Crippen molar-refractivity contribution in [1.82, 2.24) is 9.80 Å². The maximum atomic E-state index is 14.2. The van der Waals surface area contributed by atoms with Crippen molar-refractivity contribution in [2.75, 3.05) is 19.7 Å². The summed E-state index contributed by atoms with van der Waals surface area (Å²) in [6, 6.07) is 39.0. The summed E-state index contributed by atoms with van der Waals surface area (Å²) >= 11 is 0. The molecule has 0 N–H and O–H groups in total. The Morgan fingerprint density at radius 2 is 1.18 bits per heavy atom. The predicted octanol–water partition coefficient (Wildman–Crippen LogP) is 6.62. The molecule has 45 heavy (non-hydrogen) atoms. The Morgan fingerprint density at radius 3 is 1.76 bits per heavy atom. The summed E-state index contributed by atoms with van der Waals surface area (Å²) in [5.41, 5.74) is 3.52. The highest BCUT2D eigenvalue weighted by Crippen LogP contribution is 2.46. The molecular formula is C38H40N2O5. The SMILES string of the molecule is O=C(OCc1ccccc1)C1N(Cc2ccccc2)CC2CC1(COCc1ccccc1)CCN2C(=O)OCc1ccccc1. The van der Waals surface area contributed by atoms with E-state index in [4.69, 9.17) is 14.2 Å². The molecule has 2 aliphatic rings. The van der Waals surface area contributed by atoms with Crippen LogP contribution >= 0.6 is 0 Å². The second kappa shape index (κ2) is 14.5. The van der Waals surface area contributed by atoms with E-state index in [0.29, 0.717) is 45.7 Å². The molecule has 2 saturated heterocycles. The molecule has 1 amide bonds. The van der Waals surface area contributed by atoms with Crippen molar-refractivity contribution < 1.29 is 23.8 Å². The van der Waals surface area contributed by atoms with Gasteiger partial charge in [-0.1, -0.05) is 121 Å². The zero-order chi connectivity index (χ0) is 30.9. The minimum atomic E-state index is -0.545. The maximum absolute atomic E-state index is 14.2. The lowest BCUT2D eigenvalue weighted by Crippen LogP contribution is -2.68. The number of carbonyl (C=O) groups excluding carboxylic acids is 2. The van der Waals surface area contributed by atoms with Gasteiger partial charge in [0.15, 0.2) is 0 Å². The van der Waals surface area contributed by atoms with Crippen LogP contribution in [0.15, 0.2) is 121 Å². The van der Waals surface area contributed by atoms with Crippen LogP contribution in [0.25, 0.3) is 0 Å². The summed E-state index contributed by atoms with van der Waals surface area (Å²) in [6.07, 6.45) is 0.890. The lowest BCUT2D eigenvalue weighted by Gasteiger charge is -2.56. The molecule has 7 nitrogen and oxygen atoms in total. The third-order valence-electron chi connectivity index (χ3n) is 8.94. The number of hydrogen-bond acceptors (Lipinski definition) is 6. The molecule has 0 saturated carbocycles. The number of esters is 1. The summed E-state index contributed by atoms with van der Waals surface area (Å²) < 4.78 is 18.2. The summed E-state index contributed by atoms with van der Waals surface area (Å²) in [7, 11) is 0. The highest BCUT2D eigenvalue weighted by molar-refractivity contribution is 5.78.